The van der Waals surface area contributed by atoms with Gasteiger partial charge in [-0.05, 0) is 31.4 Å². The average molecular weight is 301 g/mol. The van der Waals surface area contributed by atoms with Gasteiger partial charge < -0.3 is 15.8 Å². The molecular formula is C15H25F2N3O. The molecule has 0 radical (unpaired) electrons. The van der Waals surface area contributed by atoms with Crippen LogP contribution in [0.3, 0.4) is 0 Å². The Hall–Kier alpha value is -1.66. The zero-order chi connectivity index (χ0) is 16.8. The third-order valence-corrected chi connectivity index (χ3v) is 3.46. The maximum atomic E-state index is 13.9. The van der Waals surface area contributed by atoms with Crippen molar-refractivity contribution in [1.29, 1.82) is 0 Å². The van der Waals surface area contributed by atoms with E-state index in [9.17, 15) is 13.9 Å². The maximum Gasteiger partial charge on any atom is 0.185 e. The van der Waals surface area contributed by atoms with Gasteiger partial charge in [-0.1, -0.05) is 13.8 Å². The topological polar surface area (TPSA) is 75.5 Å². The molecule has 0 aliphatic carbocycles. The minimum Gasteiger partial charge on any atom is -0.397 e. The number of aryl methyl sites for hydroxylation is 1. The molecule has 0 saturated heterocycles. The van der Waals surface area contributed by atoms with E-state index < -0.39 is 17.2 Å². The van der Waals surface area contributed by atoms with Gasteiger partial charge in [0.2, 0.25) is 0 Å². The molecule has 5 N–H and O–H groups in total. The summed E-state index contributed by atoms with van der Waals surface area (Å²) in [5.74, 6) is 3.68. The minimum atomic E-state index is -1.09. The second-order valence-corrected chi connectivity index (χ2v) is 4.82. The standard InChI is InChI=1S/C13H21F2N3O.C2H4/c1-4-13(19,5-2)7-18(17)12-9(16)6-8(3)10(14)11(12)15;1-2/h6,19H,4-5,7,16-17H2,1-3H3;1-2H2. The molecule has 0 amide bonds. The molecule has 0 aliphatic rings. The Kier molecular flexibility index (Phi) is 7.32. The van der Waals surface area contributed by atoms with E-state index in [2.05, 4.69) is 13.2 Å². The monoisotopic (exact) mass is 301 g/mol. The molecule has 0 saturated carbocycles. The highest BCUT2D eigenvalue weighted by atomic mass is 19.2. The Morgan fingerprint density at radius 1 is 1.24 bits per heavy atom. The fourth-order valence-corrected chi connectivity index (χ4v) is 1.93. The van der Waals surface area contributed by atoms with Crippen LogP contribution in [-0.2, 0) is 0 Å². The van der Waals surface area contributed by atoms with Crippen LogP contribution in [-0.4, -0.2) is 17.3 Å². The van der Waals surface area contributed by atoms with Gasteiger partial charge in [-0.25, -0.2) is 14.6 Å². The summed E-state index contributed by atoms with van der Waals surface area (Å²) < 4.78 is 27.5. The third kappa shape index (κ3) is 4.41. The zero-order valence-corrected chi connectivity index (χ0v) is 12.9. The molecular weight excluding hydrogens is 276 g/mol. The van der Waals surface area contributed by atoms with Crippen molar-refractivity contribution in [3.8, 4) is 0 Å². The normalized spacial score (nSPS) is 10.8. The second-order valence-electron chi connectivity index (χ2n) is 4.82. The summed E-state index contributed by atoms with van der Waals surface area (Å²) in [6.07, 6.45) is 0.903. The summed E-state index contributed by atoms with van der Waals surface area (Å²) >= 11 is 0. The highest BCUT2D eigenvalue weighted by Crippen LogP contribution is 2.31. The van der Waals surface area contributed by atoms with Crippen molar-refractivity contribution in [3.05, 3.63) is 36.4 Å². The van der Waals surface area contributed by atoms with Gasteiger partial charge in [0, 0.05) is 0 Å². The minimum absolute atomic E-state index is 0.0242. The van der Waals surface area contributed by atoms with Crippen LogP contribution < -0.4 is 16.6 Å². The molecule has 0 fully saturated rings. The van der Waals surface area contributed by atoms with Crippen LogP contribution in [0.4, 0.5) is 20.2 Å². The highest BCUT2D eigenvalue weighted by Gasteiger charge is 2.28. The van der Waals surface area contributed by atoms with E-state index >= 15 is 0 Å². The first-order valence-electron chi connectivity index (χ1n) is 6.74. The van der Waals surface area contributed by atoms with Gasteiger partial charge in [-0.3, -0.25) is 0 Å². The van der Waals surface area contributed by atoms with Gasteiger partial charge in [0.1, 0.15) is 5.69 Å². The number of hydrogen-bond donors (Lipinski definition) is 3. The van der Waals surface area contributed by atoms with Crippen LogP contribution in [0, 0.1) is 18.6 Å². The molecule has 0 atom stereocenters. The molecule has 21 heavy (non-hydrogen) atoms. The van der Waals surface area contributed by atoms with Crippen molar-refractivity contribution < 1.29 is 13.9 Å². The van der Waals surface area contributed by atoms with Gasteiger partial charge >= 0.3 is 0 Å². The van der Waals surface area contributed by atoms with E-state index in [0.29, 0.717) is 12.8 Å². The smallest absolute Gasteiger partial charge is 0.185 e. The van der Waals surface area contributed by atoms with E-state index in [0.717, 1.165) is 5.01 Å². The lowest BCUT2D eigenvalue weighted by atomic mass is 9.97. The SMILES string of the molecule is C=C.CCC(O)(CC)CN(N)c1c(N)cc(C)c(F)c1F. The lowest BCUT2D eigenvalue weighted by Crippen LogP contribution is -2.46. The van der Waals surface area contributed by atoms with Gasteiger partial charge in [0.15, 0.2) is 11.6 Å². The molecule has 6 heteroatoms. The summed E-state index contributed by atoms with van der Waals surface area (Å²) in [4.78, 5) is 0. The van der Waals surface area contributed by atoms with Crippen molar-refractivity contribution in [2.75, 3.05) is 17.3 Å². The van der Waals surface area contributed by atoms with Gasteiger partial charge in [0.25, 0.3) is 0 Å². The Morgan fingerprint density at radius 2 is 1.71 bits per heavy atom. The molecule has 0 heterocycles. The van der Waals surface area contributed by atoms with Crippen molar-refractivity contribution in [3.63, 3.8) is 0 Å². The molecule has 1 rings (SSSR count). The number of nitrogen functional groups attached to an aromatic ring is 1. The summed E-state index contributed by atoms with van der Waals surface area (Å²) in [5.41, 5.74) is 4.57. The zero-order valence-electron chi connectivity index (χ0n) is 12.9. The lowest BCUT2D eigenvalue weighted by molar-refractivity contribution is 0.0392. The molecule has 4 nitrogen and oxygen atoms in total. The highest BCUT2D eigenvalue weighted by molar-refractivity contribution is 5.69. The van der Waals surface area contributed by atoms with Crippen molar-refractivity contribution in [2.45, 2.75) is 39.2 Å². The number of aliphatic hydroxyl groups is 1. The largest absolute Gasteiger partial charge is 0.397 e. The molecule has 0 unspecified atom stereocenters. The van der Waals surface area contributed by atoms with Gasteiger partial charge in [-0.15, -0.1) is 13.2 Å². The maximum absolute atomic E-state index is 13.9. The van der Waals surface area contributed by atoms with E-state index in [4.69, 9.17) is 11.6 Å². The Labute approximate surface area is 125 Å². The fourth-order valence-electron chi connectivity index (χ4n) is 1.93. The van der Waals surface area contributed by atoms with E-state index in [1.165, 1.54) is 13.0 Å². The Balaban J connectivity index is 0.00000191. The van der Waals surface area contributed by atoms with Crippen LogP contribution in [0.1, 0.15) is 32.3 Å². The molecule has 1 aromatic carbocycles. The quantitative estimate of drug-likeness (QED) is 0.338. The first-order chi connectivity index (χ1) is 9.75. The summed E-state index contributed by atoms with van der Waals surface area (Å²) in [6, 6.07) is 1.32. The number of nitrogens with zero attached hydrogens (tertiary/aromatic N) is 1. The van der Waals surface area contributed by atoms with Crippen LogP contribution in [0.25, 0.3) is 0 Å². The van der Waals surface area contributed by atoms with E-state index in [1.54, 1.807) is 13.8 Å². The van der Waals surface area contributed by atoms with E-state index in [-0.39, 0.29) is 23.5 Å². The molecule has 0 bridgehead atoms. The molecule has 0 aromatic heterocycles. The number of hydrazine groups is 1. The number of hydrogen-bond acceptors (Lipinski definition) is 4. The van der Waals surface area contributed by atoms with Crippen molar-refractivity contribution in [1.82, 2.24) is 0 Å². The number of halogens is 2. The number of benzene rings is 1. The van der Waals surface area contributed by atoms with Crippen LogP contribution in [0.15, 0.2) is 19.2 Å². The predicted octanol–water partition coefficient (Wildman–Crippen LogP) is 2.89. The van der Waals surface area contributed by atoms with Gasteiger partial charge in [0.05, 0.1) is 17.8 Å². The molecule has 0 aliphatic heterocycles. The van der Waals surface area contributed by atoms with Crippen molar-refractivity contribution >= 4 is 11.4 Å². The molecule has 0 spiro atoms. The third-order valence-electron chi connectivity index (χ3n) is 3.46. The van der Waals surface area contributed by atoms with E-state index in [1.807, 2.05) is 0 Å². The molecule has 1 aromatic rings. The Morgan fingerprint density at radius 3 is 2.14 bits per heavy atom. The van der Waals surface area contributed by atoms with Crippen molar-refractivity contribution in [2.24, 2.45) is 5.84 Å². The van der Waals surface area contributed by atoms with Crippen LogP contribution >= 0.6 is 0 Å². The van der Waals surface area contributed by atoms with Crippen LogP contribution in [0.5, 0.6) is 0 Å². The fraction of sp³-hybridized carbons (Fsp3) is 0.467. The van der Waals surface area contributed by atoms with Gasteiger partial charge in [-0.2, -0.15) is 0 Å². The first-order valence-corrected chi connectivity index (χ1v) is 6.74. The summed E-state index contributed by atoms with van der Waals surface area (Å²) in [5, 5.41) is 11.2. The Bertz CT molecular complexity index is 476. The number of nitrogens with two attached hydrogens (primary N) is 2. The molecule has 120 valence electrons. The predicted molar refractivity (Wildman–Crippen MR) is 83.8 cm³/mol. The summed E-state index contributed by atoms with van der Waals surface area (Å²) in [7, 11) is 0. The summed E-state index contributed by atoms with van der Waals surface area (Å²) in [6.45, 7) is 11.0. The average Bonchev–Trinajstić information content (AvgIpc) is 2.46. The van der Waals surface area contributed by atoms with Crippen LogP contribution in [0.2, 0.25) is 0 Å². The lowest BCUT2D eigenvalue weighted by Gasteiger charge is -2.32. The second kappa shape index (κ2) is 7.95. The number of anilines is 2. The first kappa shape index (κ1) is 19.3. The number of rotatable bonds is 5.